The van der Waals surface area contributed by atoms with E-state index < -0.39 is 28.5 Å². The van der Waals surface area contributed by atoms with Gasteiger partial charge < -0.3 is 15.0 Å². The molecule has 1 unspecified atom stereocenters. The Bertz CT molecular complexity index is 1490. The quantitative estimate of drug-likeness (QED) is 0.299. The van der Waals surface area contributed by atoms with Crippen molar-refractivity contribution in [1.82, 2.24) is 10.2 Å². The molecule has 4 rings (SSSR count). The molecule has 0 saturated heterocycles. The van der Waals surface area contributed by atoms with Gasteiger partial charge in [0.1, 0.15) is 18.3 Å². The fraction of sp³-hybridized carbons (Fsp3) is 0.375. The van der Waals surface area contributed by atoms with Crippen LogP contribution in [0.1, 0.15) is 50.2 Å². The van der Waals surface area contributed by atoms with Crippen molar-refractivity contribution < 1.29 is 22.7 Å². The molecular weight excluding hydrogens is 574 g/mol. The lowest BCUT2D eigenvalue weighted by molar-refractivity contribution is -0.139. The monoisotopic (exact) mass is 611 g/mol. The first-order valence-electron chi connectivity index (χ1n) is 14.2. The van der Waals surface area contributed by atoms with Gasteiger partial charge in [-0.1, -0.05) is 67.3 Å². The van der Waals surface area contributed by atoms with Gasteiger partial charge in [-0.2, -0.15) is 0 Å². The molecule has 0 aromatic heterocycles. The summed E-state index contributed by atoms with van der Waals surface area (Å²) in [7, 11) is -2.60. The Morgan fingerprint density at radius 2 is 1.71 bits per heavy atom. The van der Waals surface area contributed by atoms with E-state index in [1.165, 1.54) is 23.1 Å². The molecule has 3 aromatic rings. The SMILES string of the molecule is COc1cccc(CN(C(=O)CN(c2ccc(C)c(Cl)c2)S(=O)(=O)c2ccccc2)C(C)C(=O)NC2CCCCC2)c1. The van der Waals surface area contributed by atoms with Gasteiger partial charge in [0.2, 0.25) is 11.8 Å². The number of amides is 2. The molecule has 1 N–H and O–H groups in total. The number of ether oxygens (including phenoxy) is 1. The number of aryl methyl sites for hydroxylation is 1. The maximum atomic E-state index is 14.1. The van der Waals surface area contributed by atoms with E-state index in [2.05, 4.69) is 5.32 Å². The van der Waals surface area contributed by atoms with Gasteiger partial charge >= 0.3 is 0 Å². The molecule has 1 aliphatic carbocycles. The molecule has 10 heteroatoms. The molecule has 0 heterocycles. The zero-order valence-electron chi connectivity index (χ0n) is 24.3. The van der Waals surface area contributed by atoms with E-state index in [4.69, 9.17) is 16.3 Å². The molecule has 1 fully saturated rings. The van der Waals surface area contributed by atoms with Gasteiger partial charge in [-0.25, -0.2) is 8.42 Å². The van der Waals surface area contributed by atoms with Gasteiger partial charge in [0.25, 0.3) is 10.0 Å². The number of hydrogen-bond acceptors (Lipinski definition) is 5. The lowest BCUT2D eigenvalue weighted by Gasteiger charge is -2.33. The van der Waals surface area contributed by atoms with Crippen molar-refractivity contribution in [2.75, 3.05) is 18.0 Å². The third-order valence-corrected chi connectivity index (χ3v) is 9.85. The Balaban J connectivity index is 1.69. The van der Waals surface area contributed by atoms with E-state index in [1.54, 1.807) is 56.5 Å². The van der Waals surface area contributed by atoms with Crippen LogP contribution in [0.25, 0.3) is 0 Å². The highest BCUT2D eigenvalue weighted by molar-refractivity contribution is 7.92. The van der Waals surface area contributed by atoms with Crippen LogP contribution in [0.3, 0.4) is 0 Å². The lowest BCUT2D eigenvalue weighted by atomic mass is 9.95. The van der Waals surface area contributed by atoms with Crippen LogP contribution < -0.4 is 14.4 Å². The highest BCUT2D eigenvalue weighted by Gasteiger charge is 2.33. The fourth-order valence-corrected chi connectivity index (χ4v) is 6.71. The highest BCUT2D eigenvalue weighted by atomic mass is 35.5. The predicted molar refractivity (Wildman–Crippen MR) is 165 cm³/mol. The van der Waals surface area contributed by atoms with Crippen LogP contribution in [0.4, 0.5) is 5.69 Å². The number of methoxy groups -OCH3 is 1. The first kappa shape index (κ1) is 31.4. The summed E-state index contributed by atoms with van der Waals surface area (Å²) in [5.74, 6) is -0.184. The number of nitrogens with one attached hydrogen (secondary N) is 1. The summed E-state index contributed by atoms with van der Waals surface area (Å²) >= 11 is 6.39. The number of hydrogen-bond donors (Lipinski definition) is 1. The number of carbonyl (C=O) groups excluding carboxylic acids is 2. The van der Waals surface area contributed by atoms with E-state index in [-0.39, 0.29) is 29.1 Å². The van der Waals surface area contributed by atoms with Crippen LogP contribution in [0.2, 0.25) is 5.02 Å². The molecule has 0 aliphatic heterocycles. The Labute approximate surface area is 253 Å². The van der Waals surface area contributed by atoms with Gasteiger partial charge in [0.15, 0.2) is 0 Å². The minimum Gasteiger partial charge on any atom is -0.497 e. The van der Waals surface area contributed by atoms with Crippen molar-refractivity contribution in [2.24, 2.45) is 0 Å². The van der Waals surface area contributed by atoms with Gasteiger partial charge in [0, 0.05) is 17.6 Å². The Morgan fingerprint density at radius 1 is 1.00 bits per heavy atom. The smallest absolute Gasteiger partial charge is 0.264 e. The molecule has 0 bridgehead atoms. The second-order valence-electron chi connectivity index (χ2n) is 10.7. The van der Waals surface area contributed by atoms with E-state index >= 15 is 0 Å². The summed E-state index contributed by atoms with van der Waals surface area (Å²) < 4.78 is 34.2. The van der Waals surface area contributed by atoms with Gasteiger partial charge in [-0.05, 0) is 74.2 Å². The minimum atomic E-state index is -4.16. The van der Waals surface area contributed by atoms with Crippen LogP contribution in [0, 0.1) is 6.92 Å². The fourth-order valence-electron chi connectivity index (χ4n) is 5.10. The van der Waals surface area contributed by atoms with Crippen LogP contribution in [-0.4, -0.2) is 50.9 Å². The zero-order valence-corrected chi connectivity index (χ0v) is 25.8. The topological polar surface area (TPSA) is 96.0 Å². The van der Waals surface area contributed by atoms with Crippen molar-refractivity contribution >= 4 is 39.1 Å². The summed E-state index contributed by atoms with van der Waals surface area (Å²) in [6.07, 6.45) is 5.06. The van der Waals surface area contributed by atoms with Gasteiger partial charge in [-0.15, -0.1) is 0 Å². The first-order chi connectivity index (χ1) is 20.1. The molecule has 1 aliphatic rings. The number of benzene rings is 3. The number of nitrogens with zero attached hydrogens (tertiary/aromatic N) is 2. The molecule has 0 spiro atoms. The van der Waals surface area contributed by atoms with Crippen molar-refractivity contribution in [3.05, 3.63) is 88.9 Å². The molecule has 2 amide bonds. The molecule has 8 nitrogen and oxygen atoms in total. The van der Waals surface area contributed by atoms with E-state index in [0.29, 0.717) is 10.8 Å². The van der Waals surface area contributed by atoms with Gasteiger partial charge in [0.05, 0.1) is 17.7 Å². The van der Waals surface area contributed by atoms with E-state index in [9.17, 15) is 18.0 Å². The van der Waals surface area contributed by atoms with E-state index in [0.717, 1.165) is 47.5 Å². The Morgan fingerprint density at radius 3 is 2.38 bits per heavy atom. The molecule has 1 atom stereocenters. The second kappa shape index (κ2) is 14.1. The summed E-state index contributed by atoms with van der Waals surface area (Å²) in [5.41, 5.74) is 1.77. The molecular formula is C32H38ClN3O5S. The largest absolute Gasteiger partial charge is 0.497 e. The van der Waals surface area contributed by atoms with Crippen LogP contribution in [0.5, 0.6) is 5.75 Å². The summed E-state index contributed by atoms with van der Waals surface area (Å²) in [6.45, 7) is 3.05. The summed E-state index contributed by atoms with van der Waals surface area (Å²) in [6, 6.07) is 19.3. The molecule has 42 heavy (non-hydrogen) atoms. The third-order valence-electron chi connectivity index (χ3n) is 7.66. The number of anilines is 1. The van der Waals surface area contributed by atoms with Crippen LogP contribution in [-0.2, 0) is 26.2 Å². The maximum absolute atomic E-state index is 14.1. The predicted octanol–water partition coefficient (Wildman–Crippen LogP) is 5.72. The number of halogens is 1. The third kappa shape index (κ3) is 7.63. The van der Waals surface area contributed by atoms with Crippen molar-refractivity contribution in [3.8, 4) is 5.75 Å². The lowest BCUT2D eigenvalue weighted by Crippen LogP contribution is -2.53. The number of carbonyl (C=O) groups is 2. The average Bonchev–Trinajstić information content (AvgIpc) is 3.00. The number of sulfonamides is 1. The molecule has 1 saturated carbocycles. The molecule has 0 radical (unpaired) electrons. The van der Waals surface area contributed by atoms with Crippen molar-refractivity contribution in [3.63, 3.8) is 0 Å². The Hall–Kier alpha value is -3.56. The standard InChI is InChI=1S/C32H38ClN3O5S/c1-23-17-18-27(20-30(23)33)36(42(39,40)29-15-8-5-9-16-29)22-31(37)35(21-25-11-10-14-28(19-25)41-3)24(2)32(38)34-26-12-6-4-7-13-26/h5,8-11,14-20,24,26H,4,6-7,12-13,21-22H2,1-3H3,(H,34,38). The average molecular weight is 612 g/mol. The summed E-state index contributed by atoms with van der Waals surface area (Å²) in [4.78, 5) is 29.0. The first-order valence-corrected chi connectivity index (χ1v) is 16.0. The van der Waals surface area contributed by atoms with Gasteiger partial charge in [-0.3, -0.25) is 13.9 Å². The molecule has 3 aromatic carbocycles. The maximum Gasteiger partial charge on any atom is 0.264 e. The van der Waals surface area contributed by atoms with E-state index in [1.807, 2.05) is 19.1 Å². The van der Waals surface area contributed by atoms with Crippen LogP contribution in [0.15, 0.2) is 77.7 Å². The second-order valence-corrected chi connectivity index (χ2v) is 12.9. The van der Waals surface area contributed by atoms with Crippen molar-refractivity contribution in [1.29, 1.82) is 0 Å². The number of rotatable bonds is 11. The minimum absolute atomic E-state index is 0.0388. The zero-order chi connectivity index (χ0) is 30.3. The van der Waals surface area contributed by atoms with Crippen LogP contribution >= 0.6 is 11.6 Å². The summed E-state index contributed by atoms with van der Waals surface area (Å²) in [5, 5.41) is 3.49. The normalized spacial score (nSPS) is 14.6. The highest BCUT2D eigenvalue weighted by Crippen LogP contribution is 2.29. The molecule has 224 valence electrons. The Kier molecular flexibility index (Phi) is 10.5. The van der Waals surface area contributed by atoms with Crippen molar-refractivity contribution in [2.45, 2.75) is 69.5 Å².